The standard InChI is InChI=1S/C21H23ClN4O4S/c22-15-2-7-19-20(12-15)31-21(23-19)25-9-1-8-24(10-11-25)13-17(27)14-30-18-5-3-16(4-6-18)26(28)29/h2-7,12,17,27H,1,8-11,13-14H2/t17-/m0/s1. The number of aliphatic hydroxyl groups excluding tert-OH is 1. The molecule has 8 nitrogen and oxygen atoms in total. The van der Waals surface area contributed by atoms with Gasteiger partial charge in [-0.15, -0.1) is 0 Å². The highest BCUT2D eigenvalue weighted by molar-refractivity contribution is 7.22. The molecule has 4 rings (SSSR count). The van der Waals surface area contributed by atoms with E-state index >= 15 is 0 Å². The summed E-state index contributed by atoms with van der Waals surface area (Å²) in [4.78, 5) is 19.5. The average molecular weight is 463 g/mol. The smallest absolute Gasteiger partial charge is 0.269 e. The van der Waals surface area contributed by atoms with Gasteiger partial charge in [-0.3, -0.25) is 15.0 Å². The molecule has 1 aromatic heterocycles. The van der Waals surface area contributed by atoms with Crippen molar-refractivity contribution >= 4 is 44.0 Å². The topological polar surface area (TPSA) is 92.0 Å². The Bertz CT molecular complexity index is 1050. The van der Waals surface area contributed by atoms with Gasteiger partial charge in [-0.25, -0.2) is 4.98 Å². The molecule has 1 N–H and O–H groups in total. The second kappa shape index (κ2) is 9.78. The van der Waals surface area contributed by atoms with Crippen molar-refractivity contribution in [2.75, 3.05) is 44.2 Å². The number of nitro groups is 1. The molecule has 0 amide bonds. The van der Waals surface area contributed by atoms with Gasteiger partial charge in [0.15, 0.2) is 5.13 Å². The molecule has 0 spiro atoms. The van der Waals surface area contributed by atoms with Crippen LogP contribution in [0, 0.1) is 10.1 Å². The van der Waals surface area contributed by atoms with E-state index in [1.54, 1.807) is 23.5 Å². The maximum atomic E-state index is 10.7. The third-order valence-corrected chi connectivity index (χ3v) is 6.47. The number of hydrogen-bond acceptors (Lipinski definition) is 8. The van der Waals surface area contributed by atoms with Crippen molar-refractivity contribution in [2.24, 2.45) is 0 Å². The monoisotopic (exact) mass is 462 g/mol. The number of nitrogens with zero attached hydrogens (tertiary/aromatic N) is 4. The Labute approximate surface area is 188 Å². The first-order valence-corrected chi connectivity index (χ1v) is 11.3. The lowest BCUT2D eigenvalue weighted by molar-refractivity contribution is -0.384. The first-order valence-electron chi connectivity index (χ1n) is 10.1. The molecule has 0 aliphatic carbocycles. The molecule has 31 heavy (non-hydrogen) atoms. The largest absolute Gasteiger partial charge is 0.491 e. The van der Waals surface area contributed by atoms with Gasteiger partial charge in [0.2, 0.25) is 0 Å². The van der Waals surface area contributed by atoms with Crippen LogP contribution in [-0.2, 0) is 0 Å². The van der Waals surface area contributed by atoms with Gasteiger partial charge in [-0.2, -0.15) is 0 Å². The molecule has 2 aromatic carbocycles. The van der Waals surface area contributed by atoms with Crippen LogP contribution >= 0.6 is 22.9 Å². The van der Waals surface area contributed by atoms with E-state index in [1.165, 1.54) is 12.1 Å². The molecule has 1 saturated heterocycles. The normalized spacial score (nSPS) is 16.3. The number of ether oxygens (including phenoxy) is 1. The molecule has 0 radical (unpaired) electrons. The van der Waals surface area contributed by atoms with E-state index in [0.717, 1.165) is 53.0 Å². The molecule has 3 aromatic rings. The number of benzene rings is 2. The van der Waals surface area contributed by atoms with Crippen LogP contribution in [-0.4, -0.2) is 65.3 Å². The summed E-state index contributed by atoms with van der Waals surface area (Å²) in [5.41, 5.74) is 0.975. The fraction of sp³-hybridized carbons (Fsp3) is 0.381. The summed E-state index contributed by atoms with van der Waals surface area (Å²) in [5, 5.41) is 22.8. The Morgan fingerprint density at radius 1 is 1.19 bits per heavy atom. The zero-order chi connectivity index (χ0) is 21.8. The number of non-ortho nitro benzene ring substituents is 1. The van der Waals surface area contributed by atoms with Crippen LogP contribution in [0.15, 0.2) is 42.5 Å². The van der Waals surface area contributed by atoms with Gasteiger partial charge in [-0.1, -0.05) is 22.9 Å². The van der Waals surface area contributed by atoms with Crippen molar-refractivity contribution in [3.05, 3.63) is 57.6 Å². The van der Waals surface area contributed by atoms with Gasteiger partial charge in [0.05, 0.1) is 15.1 Å². The predicted molar refractivity (Wildman–Crippen MR) is 122 cm³/mol. The van der Waals surface area contributed by atoms with Crippen LogP contribution in [0.4, 0.5) is 10.8 Å². The number of fused-ring (bicyclic) bond motifs is 1. The number of aromatic nitrogens is 1. The zero-order valence-corrected chi connectivity index (χ0v) is 18.4. The highest BCUT2D eigenvalue weighted by Crippen LogP contribution is 2.31. The maximum absolute atomic E-state index is 10.7. The number of aliphatic hydroxyl groups is 1. The minimum Gasteiger partial charge on any atom is -0.491 e. The van der Waals surface area contributed by atoms with Crippen molar-refractivity contribution in [3.8, 4) is 5.75 Å². The average Bonchev–Trinajstić information content (AvgIpc) is 3.03. The Hall–Kier alpha value is -2.46. The van der Waals surface area contributed by atoms with Crippen LogP contribution in [0.2, 0.25) is 5.02 Å². The SMILES string of the molecule is O=[N+]([O-])c1ccc(OC[C@@H](O)CN2CCCN(c3nc4ccc(Cl)cc4s3)CC2)cc1. The van der Waals surface area contributed by atoms with Gasteiger partial charge in [0.1, 0.15) is 18.5 Å². The molecule has 2 heterocycles. The van der Waals surface area contributed by atoms with Crippen molar-refractivity contribution in [1.29, 1.82) is 0 Å². The van der Waals surface area contributed by atoms with Gasteiger partial charge in [0, 0.05) is 43.3 Å². The second-order valence-corrected chi connectivity index (χ2v) is 8.91. The highest BCUT2D eigenvalue weighted by atomic mass is 35.5. The third-order valence-electron chi connectivity index (χ3n) is 5.16. The fourth-order valence-electron chi connectivity index (χ4n) is 3.57. The molecular weight excluding hydrogens is 440 g/mol. The Morgan fingerprint density at radius 2 is 2.00 bits per heavy atom. The summed E-state index contributed by atoms with van der Waals surface area (Å²) in [6.45, 7) is 4.11. The Kier molecular flexibility index (Phi) is 6.86. The minimum atomic E-state index is -0.647. The molecule has 0 bridgehead atoms. The van der Waals surface area contributed by atoms with E-state index in [1.807, 2.05) is 18.2 Å². The lowest BCUT2D eigenvalue weighted by atomic mass is 10.3. The molecule has 164 valence electrons. The summed E-state index contributed by atoms with van der Waals surface area (Å²) in [7, 11) is 0. The summed E-state index contributed by atoms with van der Waals surface area (Å²) in [6, 6.07) is 11.6. The number of thiazole rings is 1. The van der Waals surface area contributed by atoms with E-state index in [4.69, 9.17) is 21.3 Å². The van der Waals surface area contributed by atoms with Crippen LogP contribution in [0.5, 0.6) is 5.75 Å². The minimum absolute atomic E-state index is 0.0123. The summed E-state index contributed by atoms with van der Waals surface area (Å²) in [5.74, 6) is 0.502. The number of halogens is 1. The van der Waals surface area contributed by atoms with Crippen molar-refractivity contribution in [3.63, 3.8) is 0 Å². The molecule has 0 saturated carbocycles. The van der Waals surface area contributed by atoms with Gasteiger partial charge in [-0.05, 0) is 43.3 Å². The fourth-order valence-corrected chi connectivity index (χ4v) is 4.87. The zero-order valence-electron chi connectivity index (χ0n) is 16.8. The van der Waals surface area contributed by atoms with Crippen molar-refractivity contribution in [2.45, 2.75) is 12.5 Å². The van der Waals surface area contributed by atoms with Crippen LogP contribution in [0.1, 0.15) is 6.42 Å². The highest BCUT2D eigenvalue weighted by Gasteiger charge is 2.20. The quantitative estimate of drug-likeness (QED) is 0.421. The molecular formula is C21H23ClN4O4S. The lowest BCUT2D eigenvalue weighted by Gasteiger charge is -2.24. The van der Waals surface area contributed by atoms with Crippen LogP contribution < -0.4 is 9.64 Å². The van der Waals surface area contributed by atoms with E-state index < -0.39 is 11.0 Å². The van der Waals surface area contributed by atoms with E-state index in [0.29, 0.717) is 12.3 Å². The molecule has 1 atom stereocenters. The van der Waals surface area contributed by atoms with Gasteiger partial charge >= 0.3 is 0 Å². The van der Waals surface area contributed by atoms with Gasteiger partial charge < -0.3 is 14.7 Å². The van der Waals surface area contributed by atoms with Crippen LogP contribution in [0.25, 0.3) is 10.2 Å². The number of rotatable bonds is 7. The summed E-state index contributed by atoms with van der Waals surface area (Å²) < 4.78 is 6.67. The molecule has 1 aliphatic heterocycles. The summed E-state index contributed by atoms with van der Waals surface area (Å²) in [6.07, 6.45) is 0.332. The number of anilines is 1. The number of hydrogen-bond donors (Lipinski definition) is 1. The number of nitro benzene ring substituents is 1. The third kappa shape index (κ3) is 5.62. The predicted octanol–water partition coefficient (Wildman–Crippen LogP) is 3.81. The van der Waals surface area contributed by atoms with Crippen molar-refractivity contribution in [1.82, 2.24) is 9.88 Å². The van der Waals surface area contributed by atoms with Gasteiger partial charge in [0.25, 0.3) is 5.69 Å². The Morgan fingerprint density at radius 3 is 2.77 bits per heavy atom. The summed E-state index contributed by atoms with van der Waals surface area (Å²) >= 11 is 7.74. The molecule has 0 unspecified atom stereocenters. The first-order chi connectivity index (χ1) is 15.0. The Balaban J connectivity index is 1.27. The first kappa shape index (κ1) is 21.8. The van der Waals surface area contributed by atoms with Crippen LogP contribution in [0.3, 0.4) is 0 Å². The molecule has 1 fully saturated rings. The lowest BCUT2D eigenvalue weighted by Crippen LogP contribution is -2.38. The van der Waals surface area contributed by atoms with Crippen molar-refractivity contribution < 1.29 is 14.8 Å². The number of β-amino-alcohol motifs (C(OH)–C–C–N with tert-alkyl or cyclic N) is 1. The maximum Gasteiger partial charge on any atom is 0.269 e. The van der Waals surface area contributed by atoms with E-state index in [2.05, 4.69) is 9.80 Å². The van der Waals surface area contributed by atoms with E-state index in [-0.39, 0.29) is 12.3 Å². The molecule has 10 heteroatoms. The second-order valence-electron chi connectivity index (χ2n) is 7.47. The molecule has 1 aliphatic rings. The van der Waals surface area contributed by atoms with E-state index in [9.17, 15) is 15.2 Å².